The summed E-state index contributed by atoms with van der Waals surface area (Å²) in [5.74, 6) is 0.883. The lowest BCUT2D eigenvalue weighted by Crippen LogP contribution is -2.26. The Labute approximate surface area is 125 Å². The molecule has 21 heavy (non-hydrogen) atoms. The summed E-state index contributed by atoms with van der Waals surface area (Å²) in [5.41, 5.74) is 2.99. The summed E-state index contributed by atoms with van der Waals surface area (Å²) >= 11 is 0. The van der Waals surface area contributed by atoms with Crippen molar-refractivity contribution in [2.24, 2.45) is 7.05 Å². The van der Waals surface area contributed by atoms with Gasteiger partial charge in [0.25, 0.3) is 5.56 Å². The van der Waals surface area contributed by atoms with Gasteiger partial charge in [-0.3, -0.25) is 4.79 Å². The number of pyridine rings is 1. The zero-order valence-corrected chi connectivity index (χ0v) is 12.8. The van der Waals surface area contributed by atoms with Crippen LogP contribution in [-0.2, 0) is 20.1 Å². The van der Waals surface area contributed by atoms with Crippen molar-refractivity contribution in [3.8, 4) is 5.75 Å². The van der Waals surface area contributed by atoms with E-state index in [0.717, 1.165) is 23.6 Å². The SMILES string of the molecule is CCOc1ccc(CNCc2ccc(C)n(C)c2=O)cc1. The van der Waals surface area contributed by atoms with Crippen LogP contribution in [0.25, 0.3) is 0 Å². The lowest BCUT2D eigenvalue weighted by Gasteiger charge is -2.09. The molecule has 0 fully saturated rings. The molecule has 112 valence electrons. The molecule has 0 bridgehead atoms. The topological polar surface area (TPSA) is 43.3 Å². The summed E-state index contributed by atoms with van der Waals surface area (Å²) in [6, 6.07) is 11.9. The Balaban J connectivity index is 1.92. The molecule has 0 aliphatic rings. The first-order valence-electron chi connectivity index (χ1n) is 7.19. The maximum absolute atomic E-state index is 12.1. The van der Waals surface area contributed by atoms with E-state index >= 15 is 0 Å². The molecule has 2 aromatic rings. The fraction of sp³-hybridized carbons (Fsp3) is 0.353. The van der Waals surface area contributed by atoms with Crippen LogP contribution in [0.4, 0.5) is 0 Å². The molecule has 0 aliphatic heterocycles. The number of ether oxygens (including phenoxy) is 1. The van der Waals surface area contributed by atoms with Crippen molar-refractivity contribution < 1.29 is 4.74 Å². The lowest BCUT2D eigenvalue weighted by atomic mass is 10.2. The number of nitrogens with one attached hydrogen (secondary N) is 1. The summed E-state index contributed by atoms with van der Waals surface area (Å²) < 4.78 is 7.08. The van der Waals surface area contributed by atoms with E-state index in [-0.39, 0.29) is 5.56 Å². The van der Waals surface area contributed by atoms with Gasteiger partial charge >= 0.3 is 0 Å². The molecule has 0 saturated carbocycles. The van der Waals surface area contributed by atoms with Gasteiger partial charge in [0.05, 0.1) is 6.61 Å². The minimum atomic E-state index is 0.0641. The van der Waals surface area contributed by atoms with Crippen molar-refractivity contribution in [1.29, 1.82) is 0 Å². The van der Waals surface area contributed by atoms with Crippen molar-refractivity contribution in [2.45, 2.75) is 26.9 Å². The van der Waals surface area contributed by atoms with E-state index in [2.05, 4.69) is 5.32 Å². The van der Waals surface area contributed by atoms with Gasteiger partial charge in [-0.1, -0.05) is 18.2 Å². The van der Waals surface area contributed by atoms with Gasteiger partial charge in [-0.05, 0) is 37.6 Å². The van der Waals surface area contributed by atoms with Gasteiger partial charge in [0.1, 0.15) is 5.75 Å². The standard InChI is InChI=1S/C17H22N2O2/c1-4-21-16-9-6-14(7-10-16)11-18-12-15-8-5-13(2)19(3)17(15)20/h5-10,18H,4,11-12H2,1-3H3. The fourth-order valence-electron chi connectivity index (χ4n) is 2.13. The first kappa shape index (κ1) is 15.3. The van der Waals surface area contributed by atoms with Crippen LogP contribution >= 0.6 is 0 Å². The number of aryl methyl sites for hydroxylation is 1. The fourth-order valence-corrected chi connectivity index (χ4v) is 2.13. The van der Waals surface area contributed by atoms with Gasteiger partial charge in [-0.2, -0.15) is 0 Å². The first-order valence-corrected chi connectivity index (χ1v) is 7.19. The van der Waals surface area contributed by atoms with Gasteiger partial charge in [0, 0.05) is 31.4 Å². The summed E-state index contributed by atoms with van der Waals surface area (Å²) in [7, 11) is 1.80. The van der Waals surface area contributed by atoms with Crippen LogP contribution in [0.3, 0.4) is 0 Å². The zero-order valence-electron chi connectivity index (χ0n) is 12.8. The van der Waals surface area contributed by atoms with Crippen molar-refractivity contribution in [1.82, 2.24) is 9.88 Å². The van der Waals surface area contributed by atoms with Gasteiger partial charge in [0.15, 0.2) is 0 Å². The van der Waals surface area contributed by atoms with Crippen molar-refractivity contribution in [3.05, 3.63) is 63.6 Å². The number of benzene rings is 1. The maximum Gasteiger partial charge on any atom is 0.254 e. The monoisotopic (exact) mass is 286 g/mol. The van der Waals surface area contributed by atoms with E-state index in [0.29, 0.717) is 13.2 Å². The average Bonchev–Trinajstić information content (AvgIpc) is 2.49. The molecule has 2 rings (SSSR count). The van der Waals surface area contributed by atoms with Crippen molar-refractivity contribution >= 4 is 0 Å². The van der Waals surface area contributed by atoms with Gasteiger partial charge in [-0.25, -0.2) is 0 Å². The van der Waals surface area contributed by atoms with Crippen LogP contribution in [0.1, 0.15) is 23.7 Å². The molecule has 0 spiro atoms. The van der Waals surface area contributed by atoms with E-state index in [1.54, 1.807) is 11.6 Å². The molecule has 4 nitrogen and oxygen atoms in total. The molecule has 0 saturated heterocycles. The molecule has 0 radical (unpaired) electrons. The molecule has 0 aliphatic carbocycles. The highest BCUT2D eigenvalue weighted by atomic mass is 16.5. The average molecular weight is 286 g/mol. The van der Waals surface area contributed by atoms with Gasteiger partial charge < -0.3 is 14.6 Å². The largest absolute Gasteiger partial charge is 0.494 e. The van der Waals surface area contributed by atoms with Crippen LogP contribution in [0.15, 0.2) is 41.2 Å². The Morgan fingerprint density at radius 2 is 1.81 bits per heavy atom. The molecule has 1 aromatic carbocycles. The zero-order chi connectivity index (χ0) is 15.2. The van der Waals surface area contributed by atoms with Crippen LogP contribution in [0.2, 0.25) is 0 Å². The Kier molecular flexibility index (Phi) is 5.17. The third kappa shape index (κ3) is 3.95. The van der Waals surface area contributed by atoms with E-state index in [4.69, 9.17) is 4.74 Å². The van der Waals surface area contributed by atoms with Crippen LogP contribution in [0.5, 0.6) is 5.75 Å². The first-order chi connectivity index (χ1) is 10.1. The van der Waals surface area contributed by atoms with Crippen LogP contribution < -0.4 is 15.6 Å². The Bertz CT molecular complexity index is 645. The number of hydrogen-bond acceptors (Lipinski definition) is 3. The van der Waals surface area contributed by atoms with E-state index in [1.165, 1.54) is 5.56 Å². The van der Waals surface area contributed by atoms with E-state index < -0.39 is 0 Å². The highest BCUT2D eigenvalue weighted by molar-refractivity contribution is 5.27. The number of nitrogens with zero attached hydrogens (tertiary/aromatic N) is 1. The molecular formula is C17H22N2O2. The molecule has 1 heterocycles. The smallest absolute Gasteiger partial charge is 0.254 e. The van der Waals surface area contributed by atoms with Crippen LogP contribution in [0, 0.1) is 6.92 Å². The predicted molar refractivity (Wildman–Crippen MR) is 84.6 cm³/mol. The summed E-state index contributed by atoms with van der Waals surface area (Å²) in [6.07, 6.45) is 0. The maximum atomic E-state index is 12.1. The Hall–Kier alpha value is -2.07. The molecule has 0 amide bonds. The molecule has 0 atom stereocenters. The minimum Gasteiger partial charge on any atom is -0.494 e. The normalized spacial score (nSPS) is 10.6. The molecule has 1 N–H and O–H groups in total. The lowest BCUT2D eigenvalue weighted by molar-refractivity contribution is 0.340. The predicted octanol–water partition coefficient (Wildman–Crippen LogP) is 2.38. The highest BCUT2D eigenvalue weighted by Gasteiger charge is 2.03. The second-order valence-electron chi connectivity index (χ2n) is 5.04. The third-order valence-electron chi connectivity index (χ3n) is 3.51. The van der Waals surface area contributed by atoms with Crippen LogP contribution in [-0.4, -0.2) is 11.2 Å². The van der Waals surface area contributed by atoms with Crippen molar-refractivity contribution in [2.75, 3.05) is 6.61 Å². The second kappa shape index (κ2) is 7.09. The second-order valence-corrected chi connectivity index (χ2v) is 5.04. The number of hydrogen-bond donors (Lipinski definition) is 1. The molecule has 1 aromatic heterocycles. The van der Waals surface area contributed by atoms with E-state index in [9.17, 15) is 4.79 Å². The summed E-state index contributed by atoms with van der Waals surface area (Å²) in [4.78, 5) is 12.1. The molecule has 0 unspecified atom stereocenters. The Morgan fingerprint density at radius 3 is 2.48 bits per heavy atom. The molecule has 4 heteroatoms. The molecular weight excluding hydrogens is 264 g/mol. The summed E-state index contributed by atoms with van der Waals surface area (Å²) in [6.45, 7) is 5.87. The number of rotatable bonds is 6. The van der Waals surface area contributed by atoms with E-state index in [1.807, 2.05) is 50.2 Å². The Morgan fingerprint density at radius 1 is 1.10 bits per heavy atom. The van der Waals surface area contributed by atoms with Gasteiger partial charge in [-0.15, -0.1) is 0 Å². The third-order valence-corrected chi connectivity index (χ3v) is 3.51. The highest BCUT2D eigenvalue weighted by Crippen LogP contribution is 2.11. The number of aromatic nitrogens is 1. The van der Waals surface area contributed by atoms with Gasteiger partial charge in [0.2, 0.25) is 0 Å². The quantitative estimate of drug-likeness (QED) is 0.886. The van der Waals surface area contributed by atoms with Crippen molar-refractivity contribution in [3.63, 3.8) is 0 Å². The minimum absolute atomic E-state index is 0.0641. The summed E-state index contributed by atoms with van der Waals surface area (Å²) in [5, 5.41) is 3.30.